The van der Waals surface area contributed by atoms with E-state index in [-0.39, 0.29) is 49.1 Å². The van der Waals surface area contributed by atoms with Crippen LogP contribution in [0, 0.1) is 0 Å². The SMILES string of the molecule is CC/C=C/C/C=C/C/C=C/C/C=C/C/C=C/C/C=C/C/C=C/CCCC(=O)OCC(COCCC(C(=O)[O-])[N+](C)(C)C)OC(=O)CCCCCCCCCCCCCCCCCCC. The summed E-state index contributed by atoms with van der Waals surface area (Å²) in [5.41, 5.74) is 0. The Morgan fingerprint density at radius 2 is 0.875 bits per heavy atom. The van der Waals surface area contributed by atoms with Gasteiger partial charge in [-0.05, 0) is 64.2 Å². The standard InChI is InChI=1S/C56H95NO7/c1-6-8-10-12-14-16-18-20-22-24-25-26-27-28-29-31-32-34-36-38-40-42-44-46-54(58)63-51-52(50-62-49-48-53(56(60)61)57(3,4)5)64-55(59)47-45-43-41-39-37-35-33-30-23-21-19-17-15-13-11-9-7-2/h8,10,14,16,20,22,25-26,28-29,32,34,38,40,52-53H,6-7,9,11-13,15,17-19,21,23-24,27,30-31,33,35-37,39,41-51H2,1-5H3/b10-8+,16-14+,22-20+,26-25+,29-28+,34-32+,40-38+. The number of quaternary nitrogens is 1. The van der Waals surface area contributed by atoms with Crippen LogP contribution in [-0.4, -0.2) is 75.5 Å². The fraction of sp³-hybridized carbons (Fsp3) is 0.696. The molecular formula is C56H95NO7. The van der Waals surface area contributed by atoms with Gasteiger partial charge in [0.1, 0.15) is 12.6 Å². The van der Waals surface area contributed by atoms with E-state index in [0.717, 1.165) is 70.6 Å². The maximum absolute atomic E-state index is 12.8. The summed E-state index contributed by atoms with van der Waals surface area (Å²) in [7, 11) is 5.39. The third-order valence-corrected chi connectivity index (χ3v) is 11.0. The van der Waals surface area contributed by atoms with E-state index in [1.54, 1.807) is 21.1 Å². The van der Waals surface area contributed by atoms with Crippen molar-refractivity contribution < 1.29 is 38.2 Å². The molecule has 0 amide bonds. The van der Waals surface area contributed by atoms with Crippen molar-refractivity contribution in [2.45, 2.75) is 212 Å². The van der Waals surface area contributed by atoms with Gasteiger partial charge < -0.3 is 28.6 Å². The molecular weight excluding hydrogens is 799 g/mol. The number of ether oxygens (including phenoxy) is 3. The number of carboxylic acid groups (broad SMARTS) is 1. The second-order valence-corrected chi connectivity index (χ2v) is 18.0. The summed E-state index contributed by atoms with van der Waals surface area (Å²) in [4.78, 5) is 37.0. The van der Waals surface area contributed by atoms with Crippen molar-refractivity contribution in [1.82, 2.24) is 0 Å². The van der Waals surface area contributed by atoms with Crippen molar-refractivity contribution in [1.29, 1.82) is 0 Å². The molecule has 0 fully saturated rings. The Morgan fingerprint density at radius 3 is 1.28 bits per heavy atom. The number of nitrogens with zero attached hydrogens (tertiary/aromatic N) is 1. The van der Waals surface area contributed by atoms with Crippen LogP contribution in [-0.2, 0) is 28.6 Å². The molecule has 0 bridgehead atoms. The fourth-order valence-electron chi connectivity index (χ4n) is 7.12. The zero-order valence-electron chi connectivity index (χ0n) is 41.7. The van der Waals surface area contributed by atoms with Crippen molar-refractivity contribution in [3.05, 3.63) is 85.1 Å². The van der Waals surface area contributed by atoms with E-state index >= 15 is 0 Å². The first kappa shape index (κ1) is 60.5. The third kappa shape index (κ3) is 43.7. The molecule has 0 aromatic rings. The first-order chi connectivity index (χ1) is 31.1. The highest BCUT2D eigenvalue weighted by Crippen LogP contribution is 2.15. The van der Waals surface area contributed by atoms with Crippen molar-refractivity contribution in [2.24, 2.45) is 0 Å². The largest absolute Gasteiger partial charge is 0.544 e. The van der Waals surface area contributed by atoms with Crippen LogP contribution in [0.3, 0.4) is 0 Å². The van der Waals surface area contributed by atoms with Gasteiger partial charge >= 0.3 is 11.9 Å². The van der Waals surface area contributed by atoms with Crippen LogP contribution in [0.15, 0.2) is 85.1 Å². The molecule has 64 heavy (non-hydrogen) atoms. The number of carbonyl (C=O) groups is 3. The molecule has 0 N–H and O–H groups in total. The zero-order chi connectivity index (χ0) is 47.0. The number of esters is 2. The Labute approximate surface area is 393 Å². The van der Waals surface area contributed by atoms with E-state index < -0.39 is 18.1 Å². The number of hydrogen-bond donors (Lipinski definition) is 0. The number of hydrogen-bond acceptors (Lipinski definition) is 7. The van der Waals surface area contributed by atoms with Crippen molar-refractivity contribution in [3.63, 3.8) is 0 Å². The van der Waals surface area contributed by atoms with Crippen LogP contribution in [0.5, 0.6) is 0 Å². The predicted molar refractivity (Wildman–Crippen MR) is 268 cm³/mol. The lowest BCUT2D eigenvalue weighted by atomic mass is 10.0. The highest BCUT2D eigenvalue weighted by Gasteiger charge is 2.25. The molecule has 2 unspecified atom stereocenters. The van der Waals surface area contributed by atoms with Gasteiger partial charge in [0, 0.05) is 19.3 Å². The maximum atomic E-state index is 12.8. The van der Waals surface area contributed by atoms with Gasteiger partial charge in [-0.25, -0.2) is 0 Å². The van der Waals surface area contributed by atoms with Gasteiger partial charge in [0.15, 0.2) is 6.10 Å². The van der Waals surface area contributed by atoms with E-state index in [9.17, 15) is 19.5 Å². The Kier molecular flexibility index (Phi) is 43.5. The van der Waals surface area contributed by atoms with Gasteiger partial charge in [-0.15, -0.1) is 0 Å². The molecule has 8 nitrogen and oxygen atoms in total. The number of allylic oxidation sites excluding steroid dienone is 14. The fourth-order valence-corrected chi connectivity index (χ4v) is 7.12. The van der Waals surface area contributed by atoms with E-state index in [4.69, 9.17) is 14.2 Å². The number of unbranched alkanes of at least 4 members (excludes halogenated alkanes) is 17. The average molecular weight is 894 g/mol. The minimum absolute atomic E-state index is 0.0202. The Bertz CT molecular complexity index is 1320. The van der Waals surface area contributed by atoms with Crippen LogP contribution in [0.25, 0.3) is 0 Å². The van der Waals surface area contributed by atoms with Crippen LogP contribution in [0.1, 0.15) is 200 Å². The molecule has 0 radical (unpaired) electrons. The Hall–Kier alpha value is -3.49. The summed E-state index contributed by atoms with van der Waals surface area (Å²) in [6, 6.07) is -0.738. The minimum atomic E-state index is -1.13. The van der Waals surface area contributed by atoms with Crippen molar-refractivity contribution in [3.8, 4) is 0 Å². The second-order valence-electron chi connectivity index (χ2n) is 18.0. The van der Waals surface area contributed by atoms with Gasteiger partial charge in [0.2, 0.25) is 0 Å². The van der Waals surface area contributed by atoms with Gasteiger partial charge in [-0.2, -0.15) is 0 Å². The van der Waals surface area contributed by atoms with E-state index in [1.165, 1.54) is 89.9 Å². The highest BCUT2D eigenvalue weighted by molar-refractivity contribution is 5.70. The molecule has 0 aliphatic heterocycles. The molecule has 0 rings (SSSR count). The lowest BCUT2D eigenvalue weighted by molar-refractivity contribution is -0.889. The van der Waals surface area contributed by atoms with Gasteiger partial charge in [0.25, 0.3) is 0 Å². The zero-order valence-corrected chi connectivity index (χ0v) is 41.7. The molecule has 0 aliphatic rings. The minimum Gasteiger partial charge on any atom is -0.544 e. The van der Waals surface area contributed by atoms with Gasteiger partial charge in [-0.1, -0.05) is 202 Å². The van der Waals surface area contributed by atoms with E-state index in [2.05, 4.69) is 98.9 Å². The molecule has 0 saturated heterocycles. The normalized spacial score (nSPS) is 13.6. The number of carboxylic acids is 1. The number of aliphatic carboxylic acids is 1. The molecule has 366 valence electrons. The molecule has 0 heterocycles. The summed E-state index contributed by atoms with van der Waals surface area (Å²) in [5.74, 6) is -1.81. The first-order valence-corrected chi connectivity index (χ1v) is 25.6. The molecule has 8 heteroatoms. The molecule has 0 saturated carbocycles. The van der Waals surface area contributed by atoms with Crippen LogP contribution in [0.2, 0.25) is 0 Å². The lowest BCUT2D eigenvalue weighted by Gasteiger charge is -2.34. The second kappa shape index (κ2) is 46.1. The van der Waals surface area contributed by atoms with Gasteiger partial charge in [0.05, 0.1) is 40.3 Å². The Morgan fingerprint density at radius 1 is 0.484 bits per heavy atom. The predicted octanol–water partition coefficient (Wildman–Crippen LogP) is 13.5. The highest BCUT2D eigenvalue weighted by atomic mass is 16.6. The monoisotopic (exact) mass is 894 g/mol. The molecule has 0 aliphatic carbocycles. The van der Waals surface area contributed by atoms with Crippen LogP contribution >= 0.6 is 0 Å². The van der Waals surface area contributed by atoms with Crippen molar-refractivity contribution in [2.75, 3.05) is 41.0 Å². The summed E-state index contributed by atoms with van der Waals surface area (Å²) < 4.78 is 17.2. The Balaban J connectivity index is 4.36. The first-order valence-electron chi connectivity index (χ1n) is 25.6. The molecule has 2 atom stereocenters. The summed E-state index contributed by atoms with van der Waals surface area (Å²) in [6.07, 6.45) is 60.5. The quantitative estimate of drug-likeness (QED) is 0.0260. The summed E-state index contributed by atoms with van der Waals surface area (Å²) in [6.45, 7) is 4.50. The smallest absolute Gasteiger partial charge is 0.306 e. The van der Waals surface area contributed by atoms with Crippen molar-refractivity contribution >= 4 is 17.9 Å². The van der Waals surface area contributed by atoms with E-state index in [1.807, 2.05) is 0 Å². The number of likely N-dealkylation sites (N-methyl/N-ethyl adjacent to an activating group) is 1. The summed E-state index contributed by atoms with van der Waals surface area (Å²) >= 11 is 0. The average Bonchev–Trinajstić information content (AvgIpc) is 3.26. The van der Waals surface area contributed by atoms with Crippen LogP contribution in [0.4, 0.5) is 0 Å². The molecule has 0 aromatic carbocycles. The molecule has 0 spiro atoms. The maximum Gasteiger partial charge on any atom is 0.306 e. The number of carbonyl (C=O) groups excluding carboxylic acids is 3. The van der Waals surface area contributed by atoms with Crippen LogP contribution < -0.4 is 5.11 Å². The number of rotatable bonds is 45. The topological polar surface area (TPSA) is 102 Å². The summed E-state index contributed by atoms with van der Waals surface area (Å²) in [5, 5.41) is 11.7. The molecule has 0 aromatic heterocycles. The van der Waals surface area contributed by atoms with E-state index in [0.29, 0.717) is 12.8 Å². The van der Waals surface area contributed by atoms with Gasteiger partial charge in [-0.3, -0.25) is 9.59 Å². The lowest BCUT2D eigenvalue weighted by Crippen LogP contribution is -2.55. The third-order valence-electron chi connectivity index (χ3n) is 11.0.